The number of hydrogen-bond acceptors (Lipinski definition) is 5. The molecule has 15 heavy (non-hydrogen) atoms. The van der Waals surface area contributed by atoms with Crippen LogP contribution in [0.25, 0.3) is 0 Å². The van der Waals surface area contributed by atoms with Crippen molar-refractivity contribution in [2.24, 2.45) is 0 Å². The normalized spacial score (nSPS) is 19.6. The zero-order valence-corrected chi connectivity index (χ0v) is 8.78. The molecule has 0 spiro atoms. The minimum atomic E-state index is -0.114. The van der Waals surface area contributed by atoms with Gasteiger partial charge in [0.1, 0.15) is 0 Å². The van der Waals surface area contributed by atoms with Gasteiger partial charge in [0.25, 0.3) is 0 Å². The number of hydrogen-bond donors (Lipinski definition) is 1. The summed E-state index contributed by atoms with van der Waals surface area (Å²) in [4.78, 5) is 19.4. The maximum absolute atomic E-state index is 11.1. The van der Waals surface area contributed by atoms with Gasteiger partial charge in [0.2, 0.25) is 11.8 Å². The van der Waals surface area contributed by atoms with Crippen LogP contribution in [0.4, 0.5) is 5.95 Å². The summed E-state index contributed by atoms with van der Waals surface area (Å²) < 4.78 is 5.02. The number of rotatable bonds is 3. The van der Waals surface area contributed by atoms with Crippen LogP contribution in [-0.4, -0.2) is 28.9 Å². The molecule has 1 aromatic heterocycles. The van der Waals surface area contributed by atoms with Crippen molar-refractivity contribution in [3.8, 4) is 5.88 Å². The van der Waals surface area contributed by atoms with E-state index in [0.717, 1.165) is 12.1 Å². The van der Waals surface area contributed by atoms with E-state index in [2.05, 4.69) is 15.3 Å². The fraction of sp³-hybridized carbons (Fsp3) is 0.500. The number of ketones is 1. The van der Waals surface area contributed by atoms with Crippen molar-refractivity contribution < 1.29 is 9.53 Å². The third kappa shape index (κ3) is 2.06. The SMILES string of the molecule is COc1cc(C)nc(NC2CCC2=O)n1. The summed E-state index contributed by atoms with van der Waals surface area (Å²) in [6.45, 7) is 1.86. The molecule has 1 aromatic rings. The molecule has 1 unspecified atom stereocenters. The van der Waals surface area contributed by atoms with Crippen LogP contribution in [0.15, 0.2) is 6.07 Å². The average molecular weight is 207 g/mol. The van der Waals surface area contributed by atoms with Crippen LogP contribution in [0.5, 0.6) is 5.88 Å². The number of anilines is 1. The summed E-state index contributed by atoms with van der Waals surface area (Å²) in [7, 11) is 1.56. The first-order chi connectivity index (χ1) is 7.19. The van der Waals surface area contributed by atoms with Crippen LogP contribution < -0.4 is 10.1 Å². The van der Waals surface area contributed by atoms with Crippen molar-refractivity contribution in [2.75, 3.05) is 12.4 Å². The number of methoxy groups -OCH3 is 1. The number of aryl methyl sites for hydroxylation is 1. The highest BCUT2D eigenvalue weighted by atomic mass is 16.5. The van der Waals surface area contributed by atoms with E-state index in [1.165, 1.54) is 0 Å². The summed E-state index contributed by atoms with van der Waals surface area (Å²) in [5.41, 5.74) is 0.816. The molecule has 1 atom stereocenters. The van der Waals surface area contributed by atoms with Crippen molar-refractivity contribution in [3.63, 3.8) is 0 Å². The summed E-state index contributed by atoms with van der Waals surface area (Å²) in [5, 5.41) is 2.99. The molecule has 0 saturated heterocycles. The molecule has 1 N–H and O–H groups in total. The Kier molecular flexibility index (Phi) is 2.53. The smallest absolute Gasteiger partial charge is 0.226 e. The van der Waals surface area contributed by atoms with Crippen LogP contribution in [-0.2, 0) is 4.79 Å². The first kappa shape index (κ1) is 9.89. The monoisotopic (exact) mass is 207 g/mol. The predicted molar refractivity (Wildman–Crippen MR) is 55.0 cm³/mol. The number of Topliss-reactive ketones (excluding diaryl/α,β-unsaturated/α-hetero) is 1. The van der Waals surface area contributed by atoms with Gasteiger partial charge < -0.3 is 10.1 Å². The summed E-state index contributed by atoms with van der Waals surface area (Å²) in [6, 6.07) is 1.63. The van der Waals surface area contributed by atoms with Crippen molar-refractivity contribution >= 4 is 11.7 Å². The van der Waals surface area contributed by atoms with E-state index < -0.39 is 0 Å². The molecule has 5 heteroatoms. The van der Waals surface area contributed by atoms with Gasteiger partial charge in [-0.2, -0.15) is 4.98 Å². The first-order valence-electron chi connectivity index (χ1n) is 4.88. The second kappa shape index (κ2) is 3.84. The van der Waals surface area contributed by atoms with Gasteiger partial charge >= 0.3 is 0 Å². The molecule has 0 amide bonds. The highest BCUT2D eigenvalue weighted by molar-refractivity contribution is 5.91. The van der Waals surface area contributed by atoms with E-state index in [4.69, 9.17) is 4.74 Å². The number of ether oxygens (including phenoxy) is 1. The molecule has 5 nitrogen and oxygen atoms in total. The number of nitrogens with zero attached hydrogens (tertiary/aromatic N) is 2. The van der Waals surface area contributed by atoms with Gasteiger partial charge in [0.15, 0.2) is 5.78 Å². The molecule has 1 aliphatic rings. The molecule has 80 valence electrons. The lowest BCUT2D eigenvalue weighted by atomic mass is 9.91. The Balaban J connectivity index is 2.13. The summed E-state index contributed by atoms with van der Waals surface area (Å²) in [6.07, 6.45) is 1.51. The van der Waals surface area contributed by atoms with Gasteiger partial charge in [-0.05, 0) is 13.3 Å². The molecule has 1 fully saturated rings. The lowest BCUT2D eigenvalue weighted by Crippen LogP contribution is -2.39. The van der Waals surface area contributed by atoms with Crippen LogP contribution in [0, 0.1) is 6.92 Å². The Morgan fingerprint density at radius 2 is 2.33 bits per heavy atom. The minimum absolute atomic E-state index is 0.114. The number of carbonyl (C=O) groups is 1. The Hall–Kier alpha value is -1.65. The van der Waals surface area contributed by atoms with Gasteiger partial charge in [-0.15, -0.1) is 0 Å². The largest absolute Gasteiger partial charge is 0.481 e. The standard InChI is InChI=1S/C10H13N3O2/c1-6-5-9(15-2)13-10(11-6)12-7-3-4-8(7)14/h5,7H,3-4H2,1-2H3,(H,11,12,13). The molecule has 1 aliphatic carbocycles. The summed E-state index contributed by atoms with van der Waals surface area (Å²) >= 11 is 0. The lowest BCUT2D eigenvalue weighted by Gasteiger charge is -2.24. The van der Waals surface area contributed by atoms with Crippen molar-refractivity contribution in [3.05, 3.63) is 11.8 Å². The van der Waals surface area contributed by atoms with E-state index in [0.29, 0.717) is 18.2 Å². The van der Waals surface area contributed by atoms with Gasteiger partial charge in [0.05, 0.1) is 13.2 Å². The van der Waals surface area contributed by atoms with E-state index in [-0.39, 0.29) is 11.8 Å². The number of carbonyl (C=O) groups excluding carboxylic acids is 1. The fourth-order valence-corrected chi connectivity index (χ4v) is 1.42. The lowest BCUT2D eigenvalue weighted by molar-refractivity contribution is -0.124. The Morgan fingerprint density at radius 1 is 1.53 bits per heavy atom. The predicted octanol–water partition coefficient (Wildman–Crippen LogP) is 0.937. The van der Waals surface area contributed by atoms with Gasteiger partial charge in [-0.1, -0.05) is 0 Å². The van der Waals surface area contributed by atoms with E-state index >= 15 is 0 Å². The van der Waals surface area contributed by atoms with Crippen LogP contribution >= 0.6 is 0 Å². The first-order valence-corrected chi connectivity index (χ1v) is 4.88. The summed E-state index contributed by atoms with van der Waals surface area (Å²) in [5.74, 6) is 1.20. The van der Waals surface area contributed by atoms with Crippen molar-refractivity contribution in [1.82, 2.24) is 9.97 Å². The molecular formula is C10H13N3O2. The maximum Gasteiger partial charge on any atom is 0.226 e. The Labute approximate surface area is 87.9 Å². The van der Waals surface area contributed by atoms with Crippen LogP contribution in [0.2, 0.25) is 0 Å². The van der Waals surface area contributed by atoms with Crippen LogP contribution in [0.3, 0.4) is 0 Å². The van der Waals surface area contributed by atoms with E-state index in [9.17, 15) is 4.79 Å². The fourth-order valence-electron chi connectivity index (χ4n) is 1.42. The average Bonchev–Trinajstić information content (AvgIpc) is 2.23. The highest BCUT2D eigenvalue weighted by Crippen LogP contribution is 2.19. The van der Waals surface area contributed by atoms with Crippen molar-refractivity contribution in [2.45, 2.75) is 25.8 Å². The molecule has 0 bridgehead atoms. The topological polar surface area (TPSA) is 64.1 Å². The molecule has 1 saturated carbocycles. The second-order valence-electron chi connectivity index (χ2n) is 3.58. The third-order valence-electron chi connectivity index (χ3n) is 2.41. The molecule has 0 aromatic carbocycles. The van der Waals surface area contributed by atoms with Gasteiger partial charge in [-0.25, -0.2) is 4.98 Å². The van der Waals surface area contributed by atoms with Gasteiger partial charge in [0, 0.05) is 18.2 Å². The minimum Gasteiger partial charge on any atom is -0.481 e. The van der Waals surface area contributed by atoms with Crippen LogP contribution in [0.1, 0.15) is 18.5 Å². The number of aromatic nitrogens is 2. The van der Waals surface area contributed by atoms with E-state index in [1.807, 2.05) is 6.92 Å². The zero-order chi connectivity index (χ0) is 10.8. The molecule has 2 rings (SSSR count). The second-order valence-corrected chi connectivity index (χ2v) is 3.58. The highest BCUT2D eigenvalue weighted by Gasteiger charge is 2.28. The molecular weight excluding hydrogens is 194 g/mol. The quantitative estimate of drug-likeness (QED) is 0.799. The molecule has 1 heterocycles. The number of nitrogens with one attached hydrogen (secondary N) is 1. The molecule has 0 aliphatic heterocycles. The third-order valence-corrected chi connectivity index (χ3v) is 2.41. The Morgan fingerprint density at radius 3 is 2.87 bits per heavy atom. The Bertz CT molecular complexity index is 392. The van der Waals surface area contributed by atoms with Crippen molar-refractivity contribution in [1.29, 1.82) is 0 Å². The van der Waals surface area contributed by atoms with Gasteiger partial charge in [-0.3, -0.25) is 4.79 Å². The zero-order valence-electron chi connectivity index (χ0n) is 8.78. The van der Waals surface area contributed by atoms with E-state index in [1.54, 1.807) is 13.2 Å². The maximum atomic E-state index is 11.1. The molecule has 0 radical (unpaired) electrons.